The molecule has 2 aromatic rings. The fourth-order valence-corrected chi connectivity index (χ4v) is 2.70. The van der Waals surface area contributed by atoms with Crippen LogP contribution in [0.25, 0.3) is 0 Å². The molecule has 0 aliphatic heterocycles. The Morgan fingerprint density at radius 3 is 2.71 bits per heavy atom. The van der Waals surface area contributed by atoms with Gasteiger partial charge in [-0.05, 0) is 40.0 Å². The van der Waals surface area contributed by atoms with Crippen molar-refractivity contribution < 1.29 is 9.13 Å². The quantitative estimate of drug-likeness (QED) is 0.451. The van der Waals surface area contributed by atoms with Gasteiger partial charge < -0.3 is 4.74 Å². The van der Waals surface area contributed by atoms with E-state index >= 15 is 0 Å². The van der Waals surface area contributed by atoms with Crippen LogP contribution in [-0.4, -0.2) is 4.98 Å². The monoisotopic (exact) mass is 391 g/mol. The molecule has 2 nitrogen and oxygen atoms in total. The zero-order valence-corrected chi connectivity index (χ0v) is 14.4. The van der Waals surface area contributed by atoms with Crippen molar-refractivity contribution in [3.63, 3.8) is 0 Å². The molecule has 0 radical (unpaired) electrons. The normalized spacial score (nSPS) is 10.7. The van der Waals surface area contributed by atoms with Gasteiger partial charge in [0.1, 0.15) is 11.6 Å². The molecular formula is C15H13BrCl2FNO. The first-order chi connectivity index (χ1) is 10.0. The average Bonchev–Trinajstić information content (AvgIpc) is 2.45. The van der Waals surface area contributed by atoms with Gasteiger partial charge in [0, 0.05) is 23.7 Å². The number of halogens is 4. The molecule has 1 aromatic carbocycles. The van der Waals surface area contributed by atoms with Crippen LogP contribution >= 0.6 is 39.1 Å². The highest BCUT2D eigenvalue weighted by atomic mass is 79.9. The van der Waals surface area contributed by atoms with Gasteiger partial charge in [-0.1, -0.05) is 24.9 Å². The summed E-state index contributed by atoms with van der Waals surface area (Å²) in [6.45, 7) is 2.07. The molecule has 0 aliphatic carbocycles. The van der Waals surface area contributed by atoms with Gasteiger partial charge in [0.2, 0.25) is 5.88 Å². The van der Waals surface area contributed by atoms with E-state index in [2.05, 4.69) is 27.8 Å². The van der Waals surface area contributed by atoms with Crippen LogP contribution in [0, 0.1) is 5.82 Å². The van der Waals surface area contributed by atoms with Gasteiger partial charge in [-0.15, -0.1) is 11.6 Å². The lowest BCUT2D eigenvalue weighted by Gasteiger charge is -2.10. The maximum absolute atomic E-state index is 13.5. The lowest BCUT2D eigenvalue weighted by atomic mass is 10.2. The summed E-state index contributed by atoms with van der Waals surface area (Å²) < 4.78 is 19.8. The third kappa shape index (κ3) is 4.31. The number of benzene rings is 1. The van der Waals surface area contributed by atoms with Crippen LogP contribution in [0.4, 0.5) is 4.39 Å². The first-order valence-electron chi connectivity index (χ1n) is 6.41. The molecule has 1 heterocycles. The number of aromatic nitrogens is 1. The van der Waals surface area contributed by atoms with E-state index in [1.165, 1.54) is 12.1 Å². The second-order valence-corrected chi connectivity index (χ2v) is 6.02. The Kier molecular flexibility index (Phi) is 5.85. The second-order valence-electron chi connectivity index (χ2n) is 4.49. The van der Waals surface area contributed by atoms with Crippen molar-refractivity contribution in [3.05, 3.63) is 50.8 Å². The lowest BCUT2D eigenvalue weighted by Crippen LogP contribution is -1.97. The number of ether oxygens (including phenoxy) is 1. The first kappa shape index (κ1) is 16.5. The molecule has 1 aromatic heterocycles. The smallest absolute Gasteiger partial charge is 0.219 e. The van der Waals surface area contributed by atoms with Crippen molar-refractivity contribution in [2.24, 2.45) is 0 Å². The lowest BCUT2D eigenvalue weighted by molar-refractivity contribution is 0.452. The van der Waals surface area contributed by atoms with Gasteiger partial charge in [-0.25, -0.2) is 9.37 Å². The van der Waals surface area contributed by atoms with Crippen LogP contribution in [0.3, 0.4) is 0 Å². The number of nitrogens with zero attached hydrogens (tertiary/aromatic N) is 1. The summed E-state index contributed by atoms with van der Waals surface area (Å²) in [5.41, 5.74) is 1.81. The minimum atomic E-state index is -0.544. The third-order valence-corrected chi connectivity index (χ3v) is 3.98. The summed E-state index contributed by atoms with van der Waals surface area (Å²) in [6.07, 6.45) is 1.80. The van der Waals surface area contributed by atoms with Crippen molar-refractivity contribution in [2.45, 2.75) is 25.6 Å². The molecule has 6 heteroatoms. The fraction of sp³-hybridized carbons (Fsp3) is 0.267. The fourth-order valence-electron chi connectivity index (χ4n) is 1.83. The number of rotatable bonds is 5. The van der Waals surface area contributed by atoms with Crippen molar-refractivity contribution in [2.75, 3.05) is 0 Å². The topological polar surface area (TPSA) is 22.1 Å². The van der Waals surface area contributed by atoms with Crippen molar-refractivity contribution in [1.82, 2.24) is 4.98 Å². The van der Waals surface area contributed by atoms with Crippen molar-refractivity contribution >= 4 is 39.1 Å². The zero-order chi connectivity index (χ0) is 15.4. The SMILES string of the molecule is CCCc1cc(CCl)cc(Oc2cc(F)c(Cl)cc2Br)n1. The standard InChI is InChI=1S/C15H13BrCl2FNO/c1-2-3-10-4-9(8-17)5-15(20-10)21-14-7-13(19)12(18)6-11(14)16/h4-7H,2-3,8H2,1H3. The van der Waals surface area contributed by atoms with E-state index in [1.807, 2.05) is 6.07 Å². The van der Waals surface area contributed by atoms with Crippen LogP contribution in [0.15, 0.2) is 28.7 Å². The summed E-state index contributed by atoms with van der Waals surface area (Å²) in [7, 11) is 0. The van der Waals surface area contributed by atoms with Crippen LogP contribution in [-0.2, 0) is 12.3 Å². The molecular weight excluding hydrogens is 380 g/mol. The molecule has 0 N–H and O–H groups in total. The Bertz CT molecular complexity index is 652. The number of hydrogen-bond donors (Lipinski definition) is 0. The Morgan fingerprint density at radius 2 is 2.05 bits per heavy atom. The van der Waals surface area contributed by atoms with E-state index < -0.39 is 5.82 Å². The second kappa shape index (κ2) is 7.43. The first-order valence-corrected chi connectivity index (χ1v) is 8.12. The Hall–Kier alpha value is -0.840. The van der Waals surface area contributed by atoms with Gasteiger partial charge in [-0.2, -0.15) is 0 Å². The van der Waals surface area contributed by atoms with Gasteiger partial charge in [-0.3, -0.25) is 0 Å². The average molecular weight is 393 g/mol. The number of aryl methyl sites for hydroxylation is 1. The maximum Gasteiger partial charge on any atom is 0.219 e. The number of hydrogen-bond acceptors (Lipinski definition) is 2. The molecule has 21 heavy (non-hydrogen) atoms. The largest absolute Gasteiger partial charge is 0.438 e. The van der Waals surface area contributed by atoms with E-state index in [-0.39, 0.29) is 5.02 Å². The highest BCUT2D eigenvalue weighted by Gasteiger charge is 2.11. The van der Waals surface area contributed by atoms with E-state index in [0.717, 1.165) is 24.1 Å². The molecule has 0 fully saturated rings. The predicted octanol–water partition coefficient (Wildman–Crippen LogP) is 6.12. The summed E-state index contributed by atoms with van der Waals surface area (Å²) in [6, 6.07) is 6.36. The maximum atomic E-state index is 13.5. The molecule has 0 saturated carbocycles. The van der Waals surface area contributed by atoms with E-state index in [4.69, 9.17) is 27.9 Å². The number of pyridine rings is 1. The Morgan fingerprint density at radius 1 is 1.29 bits per heavy atom. The van der Waals surface area contributed by atoms with Crippen LogP contribution < -0.4 is 4.74 Å². The Labute approximate surface area is 141 Å². The molecule has 2 rings (SSSR count). The molecule has 0 amide bonds. The predicted molar refractivity (Wildman–Crippen MR) is 87.0 cm³/mol. The molecule has 0 bridgehead atoms. The highest BCUT2D eigenvalue weighted by molar-refractivity contribution is 9.10. The summed E-state index contributed by atoms with van der Waals surface area (Å²) in [4.78, 5) is 4.40. The van der Waals surface area contributed by atoms with Crippen LogP contribution in [0.2, 0.25) is 5.02 Å². The molecule has 0 spiro atoms. The van der Waals surface area contributed by atoms with Gasteiger partial charge in [0.15, 0.2) is 0 Å². The molecule has 0 saturated heterocycles. The molecule has 0 aliphatic rings. The summed E-state index contributed by atoms with van der Waals surface area (Å²) in [5, 5.41) is 0.0309. The Balaban J connectivity index is 2.34. The van der Waals surface area contributed by atoms with Gasteiger partial charge in [0.25, 0.3) is 0 Å². The van der Waals surface area contributed by atoms with Crippen molar-refractivity contribution in [3.8, 4) is 11.6 Å². The summed E-state index contributed by atoms with van der Waals surface area (Å²) in [5.74, 6) is 0.529. The van der Waals surface area contributed by atoms with E-state index in [1.54, 1.807) is 6.07 Å². The minimum Gasteiger partial charge on any atom is -0.438 e. The summed E-state index contributed by atoms with van der Waals surface area (Å²) >= 11 is 14.9. The minimum absolute atomic E-state index is 0.0309. The van der Waals surface area contributed by atoms with Crippen LogP contribution in [0.5, 0.6) is 11.6 Å². The molecule has 0 unspecified atom stereocenters. The molecule has 112 valence electrons. The third-order valence-electron chi connectivity index (χ3n) is 2.76. The van der Waals surface area contributed by atoms with Gasteiger partial charge in [0.05, 0.1) is 9.50 Å². The van der Waals surface area contributed by atoms with E-state index in [0.29, 0.717) is 22.0 Å². The van der Waals surface area contributed by atoms with Gasteiger partial charge >= 0.3 is 0 Å². The van der Waals surface area contributed by atoms with E-state index in [9.17, 15) is 4.39 Å². The number of alkyl halides is 1. The zero-order valence-electron chi connectivity index (χ0n) is 11.3. The molecule has 0 atom stereocenters. The van der Waals surface area contributed by atoms with Crippen molar-refractivity contribution in [1.29, 1.82) is 0 Å². The highest BCUT2D eigenvalue weighted by Crippen LogP contribution is 2.33. The van der Waals surface area contributed by atoms with Crippen LogP contribution in [0.1, 0.15) is 24.6 Å².